The Morgan fingerprint density at radius 2 is 2.04 bits per heavy atom. The van der Waals surface area contributed by atoms with E-state index in [2.05, 4.69) is 10.3 Å². The zero-order valence-electron chi connectivity index (χ0n) is 13.5. The largest absolute Gasteiger partial charge is 0.404 e. The van der Waals surface area contributed by atoms with Crippen LogP contribution in [0, 0.1) is 0 Å². The van der Waals surface area contributed by atoms with Gasteiger partial charge in [-0.3, -0.25) is 9.78 Å². The molecule has 2 heterocycles. The predicted molar refractivity (Wildman–Crippen MR) is 88.5 cm³/mol. The number of amides is 1. The van der Waals surface area contributed by atoms with Crippen molar-refractivity contribution < 1.29 is 26.4 Å². The van der Waals surface area contributed by atoms with Gasteiger partial charge in [0.05, 0.1) is 16.9 Å². The van der Waals surface area contributed by atoms with E-state index in [0.717, 1.165) is 10.8 Å². The number of aromatic nitrogens is 2. The van der Waals surface area contributed by atoms with Gasteiger partial charge in [0.25, 0.3) is 5.91 Å². The molecular weight excluding hydrogens is 397 g/mol. The van der Waals surface area contributed by atoms with Gasteiger partial charge in [-0.1, -0.05) is 11.6 Å². The van der Waals surface area contributed by atoms with Gasteiger partial charge in [-0.05, 0) is 19.1 Å². The molecule has 0 aliphatic heterocycles. The van der Waals surface area contributed by atoms with E-state index in [-0.39, 0.29) is 5.69 Å². The highest BCUT2D eigenvalue weighted by Crippen LogP contribution is 2.29. The van der Waals surface area contributed by atoms with Gasteiger partial charge in [0.15, 0.2) is 0 Å². The zero-order valence-corrected chi connectivity index (χ0v) is 15.1. The Morgan fingerprint density at radius 1 is 1.38 bits per heavy atom. The number of carbonyl (C=O) groups is 1. The molecule has 0 fully saturated rings. The summed E-state index contributed by atoms with van der Waals surface area (Å²) < 4.78 is 64.9. The van der Waals surface area contributed by atoms with Crippen LogP contribution in [0.2, 0.25) is 5.02 Å². The van der Waals surface area contributed by atoms with Crippen molar-refractivity contribution in [2.24, 2.45) is 7.05 Å². The lowest BCUT2D eigenvalue weighted by Gasteiger charge is -2.16. The van der Waals surface area contributed by atoms with Crippen LogP contribution >= 0.6 is 11.6 Å². The maximum absolute atomic E-state index is 12.6. The smallest absolute Gasteiger partial charge is 0.344 e. The van der Waals surface area contributed by atoms with Crippen molar-refractivity contribution >= 4 is 33.2 Å². The van der Waals surface area contributed by atoms with Crippen LogP contribution < -0.4 is 10.0 Å². The highest BCUT2D eigenvalue weighted by Gasteiger charge is 2.40. The number of aryl methyl sites for hydroxylation is 1. The van der Waals surface area contributed by atoms with Gasteiger partial charge in [0.1, 0.15) is 16.6 Å². The SMILES string of the molecule is C[C@@H](NS(=O)(=O)c1cn(C)c(C(=O)Nc2cccnc2)c1Cl)C(F)(F)F. The van der Waals surface area contributed by atoms with Crippen LogP contribution in [0.1, 0.15) is 17.4 Å². The fourth-order valence-electron chi connectivity index (χ4n) is 2.01. The van der Waals surface area contributed by atoms with Crippen LogP contribution in [0.4, 0.5) is 18.9 Å². The van der Waals surface area contributed by atoms with Gasteiger partial charge in [-0.15, -0.1) is 0 Å². The van der Waals surface area contributed by atoms with E-state index in [9.17, 15) is 26.4 Å². The highest BCUT2D eigenvalue weighted by molar-refractivity contribution is 7.89. The third-order valence-corrected chi connectivity index (χ3v) is 5.38. The first kappa shape index (κ1) is 20.2. The standard InChI is InChI=1S/C14H14ClF3N4O3S/c1-8(14(16,17)18)21-26(24,25)10-7-22(2)12(11(10)15)13(23)20-9-4-3-5-19-6-9/h3-8,21H,1-2H3,(H,20,23)/t8-/m1/s1. The number of rotatable bonds is 5. The lowest BCUT2D eigenvalue weighted by atomic mass is 10.3. The summed E-state index contributed by atoms with van der Waals surface area (Å²) in [6.45, 7) is 0.657. The molecule has 2 rings (SSSR count). The van der Waals surface area contributed by atoms with Crippen molar-refractivity contribution in [3.05, 3.63) is 41.4 Å². The third-order valence-electron chi connectivity index (χ3n) is 3.33. The number of sulfonamides is 1. The van der Waals surface area contributed by atoms with Gasteiger partial charge < -0.3 is 9.88 Å². The van der Waals surface area contributed by atoms with E-state index in [4.69, 9.17) is 11.6 Å². The van der Waals surface area contributed by atoms with Crippen LogP contribution in [-0.4, -0.2) is 36.1 Å². The summed E-state index contributed by atoms with van der Waals surface area (Å²) in [5.74, 6) is -0.740. The molecule has 12 heteroatoms. The molecule has 142 valence electrons. The molecule has 26 heavy (non-hydrogen) atoms. The summed E-state index contributed by atoms with van der Waals surface area (Å²) in [5.41, 5.74) is 0.110. The van der Waals surface area contributed by atoms with Crippen molar-refractivity contribution in [3.63, 3.8) is 0 Å². The van der Waals surface area contributed by atoms with E-state index >= 15 is 0 Å². The molecule has 0 radical (unpaired) electrons. The summed E-state index contributed by atoms with van der Waals surface area (Å²) in [4.78, 5) is 15.5. The summed E-state index contributed by atoms with van der Waals surface area (Å²) in [5, 5.41) is 1.98. The van der Waals surface area contributed by atoms with Crippen LogP contribution in [-0.2, 0) is 17.1 Å². The van der Waals surface area contributed by atoms with Gasteiger partial charge in [-0.25, -0.2) is 8.42 Å². The first-order valence-electron chi connectivity index (χ1n) is 7.08. The van der Waals surface area contributed by atoms with Gasteiger partial charge in [-0.2, -0.15) is 17.9 Å². The Hall–Kier alpha value is -2.11. The molecule has 2 N–H and O–H groups in total. The third kappa shape index (κ3) is 4.34. The fourth-order valence-corrected chi connectivity index (χ4v) is 3.93. The Bertz CT molecular complexity index is 914. The molecule has 0 aliphatic rings. The lowest BCUT2D eigenvalue weighted by molar-refractivity contribution is -0.147. The van der Waals surface area contributed by atoms with Crippen LogP contribution in [0.25, 0.3) is 0 Å². The van der Waals surface area contributed by atoms with E-state index in [1.165, 1.54) is 24.2 Å². The second kappa shape index (κ2) is 7.25. The van der Waals surface area contributed by atoms with Crippen LogP contribution in [0.5, 0.6) is 0 Å². The van der Waals surface area contributed by atoms with Crippen molar-refractivity contribution in [1.82, 2.24) is 14.3 Å². The second-order valence-corrected chi connectivity index (χ2v) is 7.41. The number of nitrogens with one attached hydrogen (secondary N) is 2. The number of anilines is 1. The molecule has 0 spiro atoms. The van der Waals surface area contributed by atoms with Gasteiger partial charge in [0, 0.05) is 19.4 Å². The first-order valence-corrected chi connectivity index (χ1v) is 8.95. The quantitative estimate of drug-likeness (QED) is 0.792. The lowest BCUT2D eigenvalue weighted by Crippen LogP contribution is -2.42. The topological polar surface area (TPSA) is 93.1 Å². The molecule has 2 aromatic rings. The number of pyridine rings is 1. The van der Waals surface area contributed by atoms with E-state index in [1.54, 1.807) is 12.1 Å². The van der Waals surface area contributed by atoms with Crippen molar-refractivity contribution in [3.8, 4) is 0 Å². The van der Waals surface area contributed by atoms with Crippen molar-refractivity contribution in [2.45, 2.75) is 24.0 Å². The van der Waals surface area contributed by atoms with Crippen molar-refractivity contribution in [2.75, 3.05) is 5.32 Å². The molecule has 0 saturated carbocycles. The molecule has 2 aromatic heterocycles. The summed E-state index contributed by atoms with van der Waals surface area (Å²) in [6, 6.07) is 0.795. The van der Waals surface area contributed by atoms with E-state index in [1.807, 2.05) is 0 Å². The Kier molecular flexibility index (Phi) is 5.64. The second-order valence-electron chi connectivity index (χ2n) is 5.35. The number of hydrogen-bond acceptors (Lipinski definition) is 4. The Labute approximate surface area is 152 Å². The average Bonchev–Trinajstić information content (AvgIpc) is 2.82. The Balaban J connectivity index is 2.33. The van der Waals surface area contributed by atoms with Gasteiger partial charge >= 0.3 is 6.18 Å². The molecule has 0 saturated heterocycles. The highest BCUT2D eigenvalue weighted by atomic mass is 35.5. The number of hydrogen-bond donors (Lipinski definition) is 2. The summed E-state index contributed by atoms with van der Waals surface area (Å²) in [7, 11) is -3.25. The number of carbonyl (C=O) groups excluding carboxylic acids is 1. The monoisotopic (exact) mass is 410 g/mol. The van der Waals surface area contributed by atoms with Gasteiger partial charge in [0.2, 0.25) is 10.0 Å². The maximum atomic E-state index is 12.6. The predicted octanol–water partition coefficient (Wildman–Crippen LogP) is 2.55. The van der Waals surface area contributed by atoms with E-state index in [0.29, 0.717) is 12.6 Å². The molecule has 0 aromatic carbocycles. The number of alkyl halides is 3. The Morgan fingerprint density at radius 3 is 2.58 bits per heavy atom. The first-order chi connectivity index (χ1) is 11.9. The molecule has 1 atom stereocenters. The number of halogens is 4. The normalized spacial score (nSPS) is 13.5. The molecular formula is C14H14ClF3N4O3S. The molecule has 0 aliphatic carbocycles. The summed E-state index contributed by atoms with van der Waals surface area (Å²) >= 11 is 5.98. The maximum Gasteiger partial charge on any atom is 0.404 e. The molecule has 7 nitrogen and oxygen atoms in total. The molecule has 0 unspecified atom stereocenters. The van der Waals surface area contributed by atoms with E-state index < -0.39 is 38.1 Å². The fraction of sp³-hybridized carbons (Fsp3) is 0.286. The van der Waals surface area contributed by atoms with Crippen molar-refractivity contribution in [1.29, 1.82) is 0 Å². The minimum absolute atomic E-state index is 0.226. The molecule has 1 amide bonds. The van der Waals surface area contributed by atoms with Crippen LogP contribution in [0.15, 0.2) is 35.6 Å². The zero-order chi connectivity index (χ0) is 19.7. The minimum Gasteiger partial charge on any atom is -0.344 e. The molecule has 0 bridgehead atoms. The minimum atomic E-state index is -4.77. The van der Waals surface area contributed by atoms with Crippen LogP contribution in [0.3, 0.4) is 0 Å². The average molecular weight is 411 g/mol. The number of nitrogens with zero attached hydrogens (tertiary/aromatic N) is 2. The summed E-state index contributed by atoms with van der Waals surface area (Å²) in [6.07, 6.45) is -0.955.